The van der Waals surface area contributed by atoms with Gasteiger partial charge in [0.2, 0.25) is 0 Å². The Hall–Kier alpha value is -6.71. The van der Waals surface area contributed by atoms with Crippen LogP contribution in [0.4, 0.5) is 0 Å². The lowest BCUT2D eigenvalue weighted by Gasteiger charge is -2.34. The smallest absolute Gasteiger partial charge is 0.164 e. The van der Waals surface area contributed by atoms with Gasteiger partial charge in [-0.1, -0.05) is 193 Å². The number of rotatable bonds is 8. The first-order chi connectivity index (χ1) is 28.4. The average Bonchev–Trinajstić information content (AvgIpc) is 3.39. The van der Waals surface area contributed by atoms with Gasteiger partial charge in [0.1, 0.15) is 0 Å². The fourth-order valence-electron chi connectivity index (χ4n) is 8.85. The summed E-state index contributed by atoms with van der Waals surface area (Å²) >= 11 is 0. The lowest BCUT2D eigenvalue weighted by molar-refractivity contribution is 0.637. The van der Waals surface area contributed by atoms with E-state index < -0.39 is 0 Å². The van der Waals surface area contributed by atoms with Crippen molar-refractivity contribution in [3.63, 3.8) is 0 Å². The molecule has 282 valence electrons. The quantitative estimate of drug-likeness (QED) is 0.155. The third kappa shape index (κ3) is 6.88. The monoisotopic (exact) mass is 749 g/mol. The topological polar surface area (TPSA) is 38.7 Å². The van der Waals surface area contributed by atoms with E-state index in [0.29, 0.717) is 23.4 Å². The Morgan fingerprint density at radius 1 is 0.552 bits per heavy atom. The molecule has 0 saturated heterocycles. The Kier molecular flexibility index (Phi) is 9.97. The molecule has 3 nitrogen and oxygen atoms in total. The zero-order valence-electron chi connectivity index (χ0n) is 33.7. The Morgan fingerprint density at radius 2 is 1.07 bits per heavy atom. The van der Waals surface area contributed by atoms with Crippen LogP contribution in [-0.2, 0) is 5.41 Å². The van der Waals surface area contributed by atoms with E-state index in [1.165, 1.54) is 55.7 Å². The predicted molar refractivity (Wildman–Crippen MR) is 241 cm³/mol. The van der Waals surface area contributed by atoms with Crippen LogP contribution in [0.3, 0.4) is 0 Å². The van der Waals surface area contributed by atoms with E-state index in [1.807, 2.05) is 60.7 Å². The van der Waals surface area contributed by atoms with Gasteiger partial charge < -0.3 is 0 Å². The molecule has 0 aliphatic heterocycles. The van der Waals surface area contributed by atoms with E-state index in [4.69, 9.17) is 15.0 Å². The summed E-state index contributed by atoms with van der Waals surface area (Å²) in [5.74, 6) is 2.37. The summed E-state index contributed by atoms with van der Waals surface area (Å²) < 4.78 is 0. The maximum absolute atomic E-state index is 5.00. The van der Waals surface area contributed by atoms with Crippen LogP contribution in [0.1, 0.15) is 65.6 Å². The maximum atomic E-state index is 5.00. The van der Waals surface area contributed by atoms with Gasteiger partial charge in [0, 0.05) is 16.7 Å². The first-order valence-corrected chi connectivity index (χ1v) is 20.4. The molecule has 1 heterocycles. The lowest BCUT2D eigenvalue weighted by Crippen LogP contribution is -2.29. The van der Waals surface area contributed by atoms with E-state index in [0.717, 1.165) is 35.1 Å². The van der Waals surface area contributed by atoms with Crippen molar-refractivity contribution in [2.75, 3.05) is 0 Å². The molecular weight excluding hydrogens is 703 g/mol. The molecular formula is C55H47N3. The Balaban J connectivity index is 1.05. The van der Waals surface area contributed by atoms with Gasteiger partial charge in [0.25, 0.3) is 0 Å². The van der Waals surface area contributed by atoms with Gasteiger partial charge in [-0.3, -0.25) is 0 Å². The largest absolute Gasteiger partial charge is 0.208 e. The van der Waals surface area contributed by atoms with Crippen molar-refractivity contribution >= 4 is 11.1 Å². The number of nitrogens with zero attached hydrogens (tertiary/aromatic N) is 3. The van der Waals surface area contributed by atoms with Crippen LogP contribution in [0.2, 0.25) is 0 Å². The van der Waals surface area contributed by atoms with Crippen molar-refractivity contribution in [2.45, 2.75) is 46.0 Å². The third-order valence-corrected chi connectivity index (χ3v) is 12.1. The summed E-state index contributed by atoms with van der Waals surface area (Å²) in [6.07, 6.45) is 11.5. The number of benzene rings is 6. The molecule has 7 aromatic rings. The fraction of sp³-hybridized carbons (Fsp3) is 0.145. The number of allylic oxidation sites excluding steroid dienone is 8. The van der Waals surface area contributed by atoms with Crippen LogP contribution in [0.5, 0.6) is 0 Å². The summed E-state index contributed by atoms with van der Waals surface area (Å²) in [4.78, 5) is 14.9. The van der Waals surface area contributed by atoms with Crippen molar-refractivity contribution in [3.05, 3.63) is 232 Å². The van der Waals surface area contributed by atoms with Crippen LogP contribution in [0, 0.1) is 19.8 Å². The van der Waals surface area contributed by atoms with Crippen molar-refractivity contribution in [3.8, 4) is 34.2 Å². The Bertz CT molecular complexity index is 2630. The molecule has 1 unspecified atom stereocenters. The minimum Gasteiger partial charge on any atom is -0.208 e. The molecule has 3 heteroatoms. The highest BCUT2D eigenvalue weighted by Gasteiger charge is 2.45. The third-order valence-electron chi connectivity index (χ3n) is 12.1. The molecule has 1 atom stereocenters. The van der Waals surface area contributed by atoms with E-state index in [2.05, 4.69) is 149 Å². The predicted octanol–water partition coefficient (Wildman–Crippen LogP) is 13.6. The van der Waals surface area contributed by atoms with Gasteiger partial charge in [-0.25, -0.2) is 15.0 Å². The number of fused-ring (bicyclic) bond motifs is 1. The summed E-state index contributed by atoms with van der Waals surface area (Å²) in [7, 11) is 0. The van der Waals surface area contributed by atoms with Gasteiger partial charge in [0.15, 0.2) is 17.5 Å². The summed E-state index contributed by atoms with van der Waals surface area (Å²) in [6.45, 7) is 9.02. The minimum absolute atomic E-state index is 0.367. The van der Waals surface area contributed by atoms with Crippen LogP contribution in [0.15, 0.2) is 193 Å². The minimum atomic E-state index is -0.367. The molecule has 1 aromatic heterocycles. The zero-order chi connectivity index (χ0) is 39.6. The summed E-state index contributed by atoms with van der Waals surface area (Å²) in [5.41, 5.74) is 16.8. The number of hydrogen-bond acceptors (Lipinski definition) is 3. The summed E-state index contributed by atoms with van der Waals surface area (Å²) in [5, 5.41) is 0. The molecule has 0 amide bonds. The second-order valence-corrected chi connectivity index (χ2v) is 15.8. The van der Waals surface area contributed by atoms with Crippen LogP contribution < -0.4 is 0 Å². The van der Waals surface area contributed by atoms with E-state index in [-0.39, 0.29) is 5.41 Å². The molecule has 0 spiro atoms. The molecule has 0 bridgehead atoms. The maximum Gasteiger partial charge on any atom is 0.164 e. The molecule has 6 aromatic carbocycles. The van der Waals surface area contributed by atoms with Crippen molar-refractivity contribution in [2.24, 2.45) is 5.92 Å². The van der Waals surface area contributed by atoms with Crippen molar-refractivity contribution in [1.82, 2.24) is 15.0 Å². The molecule has 9 rings (SSSR count). The first-order valence-electron chi connectivity index (χ1n) is 20.4. The Morgan fingerprint density at radius 3 is 1.67 bits per heavy atom. The highest BCUT2D eigenvalue weighted by molar-refractivity contribution is 5.90. The summed E-state index contributed by atoms with van der Waals surface area (Å²) in [6, 6.07) is 56.3. The molecule has 58 heavy (non-hydrogen) atoms. The fourth-order valence-corrected chi connectivity index (χ4v) is 8.85. The van der Waals surface area contributed by atoms with Crippen molar-refractivity contribution in [1.29, 1.82) is 0 Å². The average molecular weight is 750 g/mol. The second kappa shape index (κ2) is 15.7. The van der Waals surface area contributed by atoms with Gasteiger partial charge in [-0.15, -0.1) is 0 Å². The highest BCUT2D eigenvalue weighted by atomic mass is 15.0. The standard InChI is InChI=1S/C55H47N3/c1-37-25-31-47(32-26-37)55(48-33-27-38(2)28-34-48)40(4)50(49-23-11-12-24-51(49)55)35-39(3)41-19-13-20-42(30-29-41)45-21-14-22-46(36-45)54-57-52(43-15-7-5-8-16-43)56-53(58-54)44-17-9-6-10-18-44/h5-18,20-28,30-36,41H,19,29H2,1-4H3/b39-35+. The molecule has 2 aliphatic carbocycles. The molecule has 0 saturated carbocycles. The first kappa shape index (κ1) is 36.9. The van der Waals surface area contributed by atoms with Crippen molar-refractivity contribution < 1.29 is 0 Å². The van der Waals surface area contributed by atoms with Gasteiger partial charge >= 0.3 is 0 Å². The van der Waals surface area contributed by atoms with Crippen LogP contribution >= 0.6 is 0 Å². The van der Waals surface area contributed by atoms with Gasteiger partial charge in [-0.05, 0) is 97.1 Å². The van der Waals surface area contributed by atoms with E-state index in [9.17, 15) is 0 Å². The van der Waals surface area contributed by atoms with Crippen LogP contribution in [-0.4, -0.2) is 15.0 Å². The second-order valence-electron chi connectivity index (χ2n) is 15.8. The normalized spacial score (nSPS) is 16.2. The van der Waals surface area contributed by atoms with Gasteiger partial charge in [-0.2, -0.15) is 0 Å². The lowest BCUT2D eigenvalue weighted by atomic mass is 9.67. The Labute approximate surface area is 343 Å². The highest BCUT2D eigenvalue weighted by Crippen LogP contribution is 2.55. The molecule has 0 fully saturated rings. The number of aryl methyl sites for hydroxylation is 2. The number of hydrogen-bond donors (Lipinski definition) is 0. The molecule has 0 radical (unpaired) electrons. The van der Waals surface area contributed by atoms with E-state index >= 15 is 0 Å². The van der Waals surface area contributed by atoms with E-state index in [1.54, 1.807) is 0 Å². The zero-order valence-corrected chi connectivity index (χ0v) is 33.7. The number of aromatic nitrogens is 3. The van der Waals surface area contributed by atoms with Gasteiger partial charge in [0.05, 0.1) is 5.41 Å². The molecule has 0 N–H and O–H groups in total. The SMILES string of the molecule is CC1=C(/C=C(\C)C2CC=CC(c3cccc(-c4nc(-c5ccccc5)nc(-c5ccccc5)n4)c3)=CC2)c2ccccc2C1(c1ccc(C)cc1)c1ccc(C)cc1. The van der Waals surface area contributed by atoms with Crippen LogP contribution in [0.25, 0.3) is 45.3 Å². The molecule has 2 aliphatic rings.